The molecule has 0 saturated carbocycles. The van der Waals surface area contributed by atoms with Gasteiger partial charge in [0.2, 0.25) is 10.0 Å². The molecule has 4 nitrogen and oxygen atoms in total. The topological polar surface area (TPSA) is 49.4 Å². The maximum Gasteiger partial charge on any atom is 0.218 e. The van der Waals surface area contributed by atoms with Gasteiger partial charge in [0, 0.05) is 19.6 Å². The van der Waals surface area contributed by atoms with Crippen LogP contribution in [0.3, 0.4) is 0 Å². The van der Waals surface area contributed by atoms with Crippen LogP contribution in [0.5, 0.6) is 0 Å². The van der Waals surface area contributed by atoms with E-state index in [0.29, 0.717) is 12.5 Å². The summed E-state index contributed by atoms with van der Waals surface area (Å²) in [4.78, 5) is 0. The molecule has 0 aliphatic carbocycles. The normalized spacial score (nSPS) is 25.1. The molecule has 90 valence electrons. The summed E-state index contributed by atoms with van der Waals surface area (Å²) in [5.41, 5.74) is 0. The molecule has 1 fully saturated rings. The highest BCUT2D eigenvalue weighted by Crippen LogP contribution is 2.19. The van der Waals surface area contributed by atoms with Crippen LogP contribution in [0.15, 0.2) is 0 Å². The fourth-order valence-corrected chi connectivity index (χ4v) is 3.69. The number of nitrogens with zero attached hydrogens (tertiary/aromatic N) is 1. The van der Waals surface area contributed by atoms with Crippen molar-refractivity contribution in [1.29, 1.82) is 0 Å². The molecule has 15 heavy (non-hydrogen) atoms. The summed E-state index contributed by atoms with van der Waals surface area (Å²) in [5, 5.41) is 2.86. The van der Waals surface area contributed by atoms with Gasteiger partial charge in [-0.2, -0.15) is 0 Å². The monoisotopic (exact) mass is 234 g/mol. The molecule has 2 unspecified atom stereocenters. The summed E-state index contributed by atoms with van der Waals surface area (Å²) >= 11 is 0. The molecule has 0 aromatic rings. The number of hydrogen-bond acceptors (Lipinski definition) is 3. The van der Waals surface area contributed by atoms with Crippen molar-refractivity contribution in [3.8, 4) is 0 Å². The van der Waals surface area contributed by atoms with Gasteiger partial charge in [0.25, 0.3) is 0 Å². The number of sulfonamides is 1. The third kappa shape index (κ3) is 2.71. The molecule has 1 saturated heterocycles. The summed E-state index contributed by atoms with van der Waals surface area (Å²) < 4.78 is 25.9. The Morgan fingerprint density at radius 1 is 1.33 bits per heavy atom. The molecule has 0 amide bonds. The van der Waals surface area contributed by atoms with Gasteiger partial charge in [0.15, 0.2) is 0 Å². The quantitative estimate of drug-likeness (QED) is 0.777. The summed E-state index contributed by atoms with van der Waals surface area (Å²) in [6.07, 6.45) is 0.734. The third-order valence-electron chi connectivity index (χ3n) is 3.38. The number of nitrogens with one attached hydrogen (secondary N) is 1. The molecular formula is C10H22N2O2S. The zero-order chi connectivity index (χ0) is 11.6. The zero-order valence-corrected chi connectivity index (χ0v) is 10.8. The van der Waals surface area contributed by atoms with E-state index in [9.17, 15) is 8.42 Å². The van der Waals surface area contributed by atoms with Crippen molar-refractivity contribution in [3.05, 3.63) is 0 Å². The molecule has 1 aliphatic rings. The van der Waals surface area contributed by atoms with Crippen LogP contribution in [-0.4, -0.2) is 44.2 Å². The lowest BCUT2D eigenvalue weighted by atomic mass is 10.1. The standard InChI is InChI=1S/C10H22N2O2S/c1-8(2)9(3)12(4)15(13,14)10-5-6-11-7-10/h8-11H,5-7H2,1-4H3. The second kappa shape index (κ2) is 4.80. The highest BCUT2D eigenvalue weighted by atomic mass is 32.2. The van der Waals surface area contributed by atoms with Gasteiger partial charge in [-0.1, -0.05) is 13.8 Å². The molecule has 0 spiro atoms. The van der Waals surface area contributed by atoms with Crippen LogP contribution in [0.4, 0.5) is 0 Å². The molecule has 1 N–H and O–H groups in total. The predicted molar refractivity (Wildman–Crippen MR) is 62.3 cm³/mol. The van der Waals surface area contributed by atoms with Crippen LogP contribution in [0.2, 0.25) is 0 Å². The molecule has 0 radical (unpaired) electrons. The van der Waals surface area contributed by atoms with Gasteiger partial charge < -0.3 is 5.32 Å². The minimum absolute atomic E-state index is 0.0654. The van der Waals surface area contributed by atoms with Gasteiger partial charge >= 0.3 is 0 Å². The summed E-state index contributed by atoms with van der Waals surface area (Å²) in [6.45, 7) is 7.46. The van der Waals surface area contributed by atoms with Crippen molar-refractivity contribution in [2.45, 2.75) is 38.5 Å². The molecule has 1 rings (SSSR count). The van der Waals surface area contributed by atoms with Gasteiger partial charge in [0.1, 0.15) is 0 Å². The van der Waals surface area contributed by atoms with Crippen molar-refractivity contribution < 1.29 is 8.42 Å². The Balaban J connectivity index is 2.76. The maximum absolute atomic E-state index is 12.2. The molecule has 1 aliphatic heterocycles. The largest absolute Gasteiger partial charge is 0.315 e. The Kier molecular flexibility index (Phi) is 4.14. The Morgan fingerprint density at radius 3 is 2.33 bits per heavy atom. The third-order valence-corrected chi connectivity index (χ3v) is 5.76. The maximum atomic E-state index is 12.2. The smallest absolute Gasteiger partial charge is 0.218 e. The van der Waals surface area contributed by atoms with Crippen LogP contribution in [0.25, 0.3) is 0 Å². The molecule has 2 atom stereocenters. The van der Waals surface area contributed by atoms with Crippen LogP contribution in [-0.2, 0) is 10.0 Å². The first-order valence-electron chi connectivity index (χ1n) is 5.55. The summed E-state index contributed by atoms with van der Waals surface area (Å²) in [5.74, 6) is 0.346. The van der Waals surface area contributed by atoms with E-state index in [-0.39, 0.29) is 11.3 Å². The first kappa shape index (κ1) is 12.9. The Morgan fingerprint density at radius 2 is 1.93 bits per heavy atom. The molecule has 0 bridgehead atoms. The van der Waals surface area contributed by atoms with E-state index in [1.165, 1.54) is 4.31 Å². The van der Waals surface area contributed by atoms with E-state index in [0.717, 1.165) is 13.0 Å². The lowest BCUT2D eigenvalue weighted by Gasteiger charge is -2.29. The highest BCUT2D eigenvalue weighted by Gasteiger charge is 2.34. The molecule has 0 aromatic carbocycles. The molecule has 0 aromatic heterocycles. The second-order valence-electron chi connectivity index (χ2n) is 4.66. The highest BCUT2D eigenvalue weighted by molar-refractivity contribution is 7.89. The van der Waals surface area contributed by atoms with Crippen molar-refractivity contribution in [2.24, 2.45) is 5.92 Å². The number of hydrogen-bond donors (Lipinski definition) is 1. The SMILES string of the molecule is CC(C)C(C)N(C)S(=O)(=O)C1CCNC1. The average Bonchev–Trinajstić information content (AvgIpc) is 2.68. The van der Waals surface area contributed by atoms with Crippen molar-refractivity contribution in [2.75, 3.05) is 20.1 Å². The average molecular weight is 234 g/mol. The zero-order valence-electron chi connectivity index (χ0n) is 10.0. The van der Waals surface area contributed by atoms with Crippen molar-refractivity contribution in [3.63, 3.8) is 0 Å². The van der Waals surface area contributed by atoms with Gasteiger partial charge in [-0.15, -0.1) is 0 Å². The minimum atomic E-state index is -3.11. The molecule has 5 heteroatoms. The van der Waals surface area contributed by atoms with Crippen LogP contribution in [0.1, 0.15) is 27.2 Å². The lowest BCUT2D eigenvalue weighted by molar-refractivity contribution is 0.313. The van der Waals surface area contributed by atoms with E-state index >= 15 is 0 Å². The van der Waals surface area contributed by atoms with E-state index < -0.39 is 10.0 Å². The van der Waals surface area contributed by atoms with E-state index in [1.807, 2.05) is 20.8 Å². The number of rotatable bonds is 4. The fourth-order valence-electron chi connectivity index (χ4n) is 1.77. The second-order valence-corrected chi connectivity index (χ2v) is 6.93. The summed E-state index contributed by atoms with van der Waals surface area (Å²) in [6, 6.07) is 0.0654. The van der Waals surface area contributed by atoms with E-state index in [1.54, 1.807) is 7.05 Å². The van der Waals surface area contributed by atoms with Crippen molar-refractivity contribution in [1.82, 2.24) is 9.62 Å². The van der Waals surface area contributed by atoms with Crippen LogP contribution >= 0.6 is 0 Å². The van der Waals surface area contributed by atoms with Gasteiger partial charge in [0.05, 0.1) is 5.25 Å². The minimum Gasteiger partial charge on any atom is -0.315 e. The Labute approximate surface area is 93.1 Å². The van der Waals surface area contributed by atoms with Crippen molar-refractivity contribution >= 4 is 10.0 Å². The first-order valence-corrected chi connectivity index (χ1v) is 7.05. The van der Waals surface area contributed by atoms with Crippen LogP contribution in [0, 0.1) is 5.92 Å². The predicted octanol–water partition coefficient (Wildman–Crippen LogP) is 0.654. The van der Waals surface area contributed by atoms with Gasteiger partial charge in [-0.05, 0) is 25.8 Å². The fraction of sp³-hybridized carbons (Fsp3) is 1.00. The van der Waals surface area contributed by atoms with E-state index in [4.69, 9.17) is 0 Å². The van der Waals surface area contributed by atoms with Gasteiger partial charge in [-0.25, -0.2) is 12.7 Å². The Hall–Kier alpha value is -0.130. The first-order chi connectivity index (χ1) is 6.87. The molecular weight excluding hydrogens is 212 g/mol. The van der Waals surface area contributed by atoms with E-state index in [2.05, 4.69) is 5.32 Å². The lowest BCUT2D eigenvalue weighted by Crippen LogP contribution is -2.44. The molecule has 1 heterocycles. The Bertz CT molecular complexity index is 295. The summed E-state index contributed by atoms with van der Waals surface area (Å²) in [7, 11) is -1.42. The van der Waals surface area contributed by atoms with Crippen LogP contribution < -0.4 is 5.32 Å². The van der Waals surface area contributed by atoms with Gasteiger partial charge in [-0.3, -0.25) is 0 Å².